The van der Waals surface area contributed by atoms with Crippen molar-refractivity contribution in [1.82, 2.24) is 10.6 Å². The summed E-state index contributed by atoms with van der Waals surface area (Å²) in [6.45, 7) is 0. The van der Waals surface area contributed by atoms with Gasteiger partial charge in [-0.2, -0.15) is 0 Å². The van der Waals surface area contributed by atoms with Crippen LogP contribution in [0.3, 0.4) is 0 Å². The predicted molar refractivity (Wildman–Crippen MR) is 86.4 cm³/mol. The van der Waals surface area contributed by atoms with E-state index in [1.165, 1.54) is 12.8 Å². The van der Waals surface area contributed by atoms with E-state index in [4.69, 9.17) is 4.42 Å². The molecule has 1 aromatic carbocycles. The van der Waals surface area contributed by atoms with Crippen molar-refractivity contribution in [3.8, 4) is 0 Å². The SMILES string of the molecule is CN(C)c1coc2ccc(C(=O)N[C@@H]3C[C@H]4CC[C@@H]3N4)cc12. The van der Waals surface area contributed by atoms with Gasteiger partial charge in [-0.05, 0) is 37.5 Å². The molecule has 3 heterocycles. The van der Waals surface area contributed by atoms with E-state index in [1.807, 2.05) is 37.2 Å². The zero-order valence-corrected chi connectivity index (χ0v) is 12.9. The third-order valence-corrected chi connectivity index (χ3v) is 4.91. The second-order valence-corrected chi connectivity index (χ2v) is 6.59. The van der Waals surface area contributed by atoms with Gasteiger partial charge in [0.1, 0.15) is 11.8 Å². The van der Waals surface area contributed by atoms with Crippen molar-refractivity contribution in [2.75, 3.05) is 19.0 Å². The number of fused-ring (bicyclic) bond motifs is 3. The fraction of sp³-hybridized carbons (Fsp3) is 0.471. The van der Waals surface area contributed by atoms with Gasteiger partial charge in [0.2, 0.25) is 0 Å². The minimum Gasteiger partial charge on any atom is -0.462 e. The molecule has 2 fully saturated rings. The Morgan fingerprint density at radius 3 is 2.91 bits per heavy atom. The summed E-state index contributed by atoms with van der Waals surface area (Å²) in [6, 6.07) is 6.93. The summed E-state index contributed by atoms with van der Waals surface area (Å²) >= 11 is 0. The van der Waals surface area contributed by atoms with E-state index >= 15 is 0 Å². The molecule has 2 N–H and O–H groups in total. The lowest BCUT2D eigenvalue weighted by Gasteiger charge is -2.21. The minimum atomic E-state index is 0.00663. The number of rotatable bonds is 3. The summed E-state index contributed by atoms with van der Waals surface area (Å²) in [5.74, 6) is 0.00663. The maximum atomic E-state index is 12.5. The van der Waals surface area contributed by atoms with E-state index in [1.54, 1.807) is 6.26 Å². The number of anilines is 1. The molecule has 0 unspecified atom stereocenters. The Hall–Kier alpha value is -2.01. The van der Waals surface area contributed by atoms with Crippen molar-refractivity contribution in [3.05, 3.63) is 30.0 Å². The highest BCUT2D eigenvalue weighted by molar-refractivity contribution is 6.01. The van der Waals surface area contributed by atoms with Gasteiger partial charge in [0.05, 0.1) is 5.69 Å². The van der Waals surface area contributed by atoms with Crippen LogP contribution < -0.4 is 15.5 Å². The summed E-state index contributed by atoms with van der Waals surface area (Å²) in [5, 5.41) is 7.71. The lowest BCUT2D eigenvalue weighted by atomic mass is 9.95. The molecule has 22 heavy (non-hydrogen) atoms. The van der Waals surface area contributed by atoms with E-state index in [0.29, 0.717) is 17.6 Å². The molecule has 2 aromatic rings. The Bertz CT molecular complexity index is 722. The summed E-state index contributed by atoms with van der Waals surface area (Å²) < 4.78 is 5.54. The standard InChI is InChI=1S/C17H21N3O2/c1-20(2)15-9-22-16-6-3-10(7-12(15)16)17(21)19-14-8-11-4-5-13(14)18-11/h3,6-7,9,11,13-14,18H,4-5,8H2,1-2H3,(H,19,21)/t11-,13+,14-/m1/s1. The molecule has 2 aliphatic heterocycles. The Kier molecular flexibility index (Phi) is 3.11. The van der Waals surface area contributed by atoms with Crippen molar-refractivity contribution < 1.29 is 9.21 Å². The van der Waals surface area contributed by atoms with Gasteiger partial charge in [0.15, 0.2) is 0 Å². The second kappa shape index (κ2) is 5.02. The van der Waals surface area contributed by atoms with Crippen molar-refractivity contribution in [3.63, 3.8) is 0 Å². The Balaban J connectivity index is 1.57. The number of benzene rings is 1. The topological polar surface area (TPSA) is 57.5 Å². The van der Waals surface area contributed by atoms with E-state index < -0.39 is 0 Å². The molecular formula is C17H21N3O2. The van der Waals surface area contributed by atoms with Crippen molar-refractivity contribution in [2.24, 2.45) is 0 Å². The Labute approximate surface area is 129 Å². The quantitative estimate of drug-likeness (QED) is 0.911. The highest BCUT2D eigenvalue weighted by Crippen LogP contribution is 2.30. The summed E-state index contributed by atoms with van der Waals surface area (Å²) in [6.07, 6.45) is 5.19. The first-order chi connectivity index (χ1) is 10.6. The van der Waals surface area contributed by atoms with Crippen LogP contribution in [0.4, 0.5) is 5.69 Å². The average Bonchev–Trinajstić information content (AvgIpc) is 3.20. The first kappa shape index (κ1) is 13.6. The molecule has 0 spiro atoms. The van der Waals surface area contributed by atoms with E-state index in [2.05, 4.69) is 10.6 Å². The van der Waals surface area contributed by atoms with Crippen LogP contribution in [0.2, 0.25) is 0 Å². The van der Waals surface area contributed by atoms with Gasteiger partial charge < -0.3 is 20.0 Å². The number of furan rings is 1. The lowest BCUT2D eigenvalue weighted by Crippen LogP contribution is -2.42. The highest BCUT2D eigenvalue weighted by Gasteiger charge is 2.39. The van der Waals surface area contributed by atoms with Crippen LogP contribution in [0.25, 0.3) is 11.0 Å². The molecule has 0 saturated carbocycles. The number of nitrogens with one attached hydrogen (secondary N) is 2. The predicted octanol–water partition coefficient (Wildman–Crippen LogP) is 2.12. The average molecular weight is 299 g/mol. The molecule has 1 aromatic heterocycles. The van der Waals surface area contributed by atoms with Gasteiger partial charge in [-0.15, -0.1) is 0 Å². The van der Waals surface area contributed by atoms with Crippen LogP contribution in [0.15, 0.2) is 28.9 Å². The fourth-order valence-electron chi connectivity index (χ4n) is 3.74. The van der Waals surface area contributed by atoms with Gasteiger partial charge in [0, 0.05) is 43.2 Å². The van der Waals surface area contributed by atoms with Crippen LogP contribution in [-0.2, 0) is 0 Å². The van der Waals surface area contributed by atoms with Crippen molar-refractivity contribution in [2.45, 2.75) is 37.4 Å². The van der Waals surface area contributed by atoms with Gasteiger partial charge in [-0.3, -0.25) is 4.79 Å². The van der Waals surface area contributed by atoms with Crippen molar-refractivity contribution in [1.29, 1.82) is 0 Å². The first-order valence-corrected chi connectivity index (χ1v) is 7.87. The molecule has 4 rings (SSSR count). The molecule has 2 aliphatic rings. The molecule has 3 atom stereocenters. The molecule has 5 heteroatoms. The number of hydrogen-bond acceptors (Lipinski definition) is 4. The summed E-state index contributed by atoms with van der Waals surface area (Å²) in [7, 11) is 3.94. The number of carbonyl (C=O) groups excluding carboxylic acids is 1. The van der Waals surface area contributed by atoms with Gasteiger partial charge in [0.25, 0.3) is 5.91 Å². The van der Waals surface area contributed by atoms with E-state index in [9.17, 15) is 4.79 Å². The second-order valence-electron chi connectivity index (χ2n) is 6.59. The van der Waals surface area contributed by atoms with Crippen LogP contribution in [0.5, 0.6) is 0 Å². The molecule has 0 radical (unpaired) electrons. The zero-order chi connectivity index (χ0) is 15.3. The minimum absolute atomic E-state index is 0.00663. The molecule has 2 bridgehead atoms. The number of carbonyl (C=O) groups is 1. The lowest BCUT2D eigenvalue weighted by molar-refractivity contribution is 0.0931. The largest absolute Gasteiger partial charge is 0.462 e. The first-order valence-electron chi connectivity index (χ1n) is 7.87. The maximum absolute atomic E-state index is 12.5. The molecule has 1 amide bonds. The van der Waals surface area contributed by atoms with Crippen LogP contribution >= 0.6 is 0 Å². The van der Waals surface area contributed by atoms with Gasteiger partial charge in [-0.25, -0.2) is 0 Å². The Morgan fingerprint density at radius 1 is 1.36 bits per heavy atom. The fourth-order valence-corrected chi connectivity index (χ4v) is 3.74. The number of hydrogen-bond donors (Lipinski definition) is 2. The highest BCUT2D eigenvalue weighted by atomic mass is 16.3. The number of nitrogens with zero attached hydrogens (tertiary/aromatic N) is 1. The monoisotopic (exact) mass is 299 g/mol. The number of amides is 1. The normalized spacial score (nSPS) is 26.5. The van der Waals surface area contributed by atoms with Crippen LogP contribution in [0.1, 0.15) is 29.6 Å². The maximum Gasteiger partial charge on any atom is 0.251 e. The third-order valence-electron chi connectivity index (χ3n) is 4.91. The molecule has 2 saturated heterocycles. The summed E-state index contributed by atoms with van der Waals surface area (Å²) in [5.41, 5.74) is 2.49. The molecule has 5 nitrogen and oxygen atoms in total. The van der Waals surface area contributed by atoms with Crippen LogP contribution in [-0.4, -0.2) is 38.1 Å². The Morgan fingerprint density at radius 2 is 2.23 bits per heavy atom. The van der Waals surface area contributed by atoms with Crippen LogP contribution in [0, 0.1) is 0 Å². The smallest absolute Gasteiger partial charge is 0.251 e. The van der Waals surface area contributed by atoms with E-state index in [-0.39, 0.29) is 11.9 Å². The molecular weight excluding hydrogens is 278 g/mol. The third kappa shape index (κ3) is 2.16. The van der Waals surface area contributed by atoms with Gasteiger partial charge in [-0.1, -0.05) is 0 Å². The van der Waals surface area contributed by atoms with E-state index in [0.717, 1.165) is 23.1 Å². The molecule has 0 aliphatic carbocycles. The van der Waals surface area contributed by atoms with Gasteiger partial charge >= 0.3 is 0 Å². The molecule has 116 valence electrons. The zero-order valence-electron chi connectivity index (χ0n) is 12.9. The van der Waals surface area contributed by atoms with Crippen molar-refractivity contribution >= 4 is 22.6 Å². The summed E-state index contributed by atoms with van der Waals surface area (Å²) in [4.78, 5) is 14.5.